The highest BCUT2D eigenvalue weighted by Gasteiger charge is 2.42. The van der Waals surface area contributed by atoms with Crippen LogP contribution in [0.5, 0.6) is 0 Å². The van der Waals surface area contributed by atoms with Gasteiger partial charge in [-0.15, -0.1) is 5.10 Å². The van der Waals surface area contributed by atoms with Gasteiger partial charge in [0.2, 0.25) is 0 Å². The SMILES string of the molecule is Cn1c(=O)c2c(ncn2Cc2cn(C[C@H](OCc3ccccc3)[C@H](O)P(=O)(OCc3ccccc3)OCc3ccccc3)nn2)n(C)c1=O. The van der Waals surface area contributed by atoms with Gasteiger partial charge in [-0.05, 0) is 16.7 Å². The van der Waals surface area contributed by atoms with Gasteiger partial charge in [0.1, 0.15) is 11.8 Å². The van der Waals surface area contributed by atoms with Gasteiger partial charge in [-0.1, -0.05) is 96.2 Å². The molecule has 0 unspecified atom stereocenters. The van der Waals surface area contributed by atoms with Crippen molar-refractivity contribution in [1.82, 2.24) is 33.7 Å². The predicted octanol–water partition coefficient (Wildman–Crippen LogP) is 3.60. The Morgan fingerprint density at radius 1 is 0.796 bits per heavy atom. The highest BCUT2D eigenvalue weighted by atomic mass is 31.2. The Morgan fingerprint density at radius 3 is 1.92 bits per heavy atom. The zero-order valence-electron chi connectivity index (χ0n) is 27.0. The van der Waals surface area contributed by atoms with E-state index in [1.807, 2.05) is 91.0 Å². The van der Waals surface area contributed by atoms with Crippen molar-refractivity contribution in [2.45, 2.75) is 44.9 Å². The van der Waals surface area contributed by atoms with Gasteiger partial charge >= 0.3 is 13.3 Å². The molecule has 49 heavy (non-hydrogen) atoms. The van der Waals surface area contributed by atoms with Gasteiger partial charge in [0, 0.05) is 14.1 Å². The van der Waals surface area contributed by atoms with Crippen molar-refractivity contribution in [2.24, 2.45) is 14.1 Å². The molecule has 6 aromatic rings. The van der Waals surface area contributed by atoms with E-state index in [0.717, 1.165) is 21.3 Å². The number of hydrogen-bond acceptors (Lipinski definition) is 10. The number of fused-ring (bicyclic) bond motifs is 1. The fraction of sp³-hybridized carbons (Fsp3) is 0.265. The maximum atomic E-state index is 14.5. The highest BCUT2D eigenvalue weighted by molar-refractivity contribution is 7.54. The van der Waals surface area contributed by atoms with Gasteiger partial charge in [0.05, 0.1) is 45.4 Å². The molecular weight excluding hydrogens is 649 g/mol. The van der Waals surface area contributed by atoms with Crippen LogP contribution >= 0.6 is 7.60 Å². The number of rotatable bonds is 15. The first-order valence-corrected chi connectivity index (χ1v) is 17.1. The number of aryl methyl sites for hydroxylation is 1. The lowest BCUT2D eigenvalue weighted by Crippen LogP contribution is -2.37. The molecule has 15 heteroatoms. The summed E-state index contributed by atoms with van der Waals surface area (Å²) in [4.78, 5) is 29.5. The standard InChI is InChI=1S/C34H36N7O7P/c1-38-31-30(32(42)39(2)34(38)44)40(24-35-31)18-28-19-41(37-36-28)20-29(46-21-25-12-6-3-7-13-25)33(43)49(45,47-22-26-14-8-4-9-15-26)48-23-27-16-10-5-11-17-27/h3-17,19,24,29,33,43H,18,20-23H2,1-2H3/t29-,33+/m0/s1. The molecule has 0 amide bonds. The molecule has 6 rings (SSSR count). The summed E-state index contributed by atoms with van der Waals surface area (Å²) in [6, 6.07) is 27.8. The average molecular weight is 686 g/mol. The van der Waals surface area contributed by atoms with Gasteiger partial charge in [0.15, 0.2) is 17.0 Å². The molecule has 3 aromatic heterocycles. The van der Waals surface area contributed by atoms with E-state index in [2.05, 4.69) is 15.3 Å². The van der Waals surface area contributed by atoms with Crippen molar-refractivity contribution < 1.29 is 23.5 Å². The second kappa shape index (κ2) is 15.1. The number of aromatic nitrogens is 7. The minimum Gasteiger partial charge on any atom is -0.378 e. The third-order valence-corrected chi connectivity index (χ3v) is 9.93. The van der Waals surface area contributed by atoms with Crippen molar-refractivity contribution in [1.29, 1.82) is 0 Å². The minimum absolute atomic E-state index is 0.0602. The van der Waals surface area contributed by atoms with Crippen LogP contribution in [0.3, 0.4) is 0 Å². The fourth-order valence-corrected chi connectivity index (χ4v) is 6.88. The molecule has 0 aliphatic heterocycles. The van der Waals surface area contributed by atoms with Crippen LogP contribution in [0.1, 0.15) is 22.4 Å². The van der Waals surface area contributed by atoms with Crippen LogP contribution in [0, 0.1) is 0 Å². The lowest BCUT2D eigenvalue weighted by atomic mass is 10.2. The molecule has 1 N–H and O–H groups in total. The molecular formula is C34H36N7O7P. The van der Waals surface area contributed by atoms with Gasteiger partial charge in [-0.3, -0.25) is 18.5 Å². The summed E-state index contributed by atoms with van der Waals surface area (Å²) in [5.74, 6) is -1.71. The Balaban J connectivity index is 1.26. The second-order valence-corrected chi connectivity index (χ2v) is 13.6. The van der Waals surface area contributed by atoms with E-state index in [-0.39, 0.29) is 44.1 Å². The van der Waals surface area contributed by atoms with E-state index in [0.29, 0.717) is 5.69 Å². The molecule has 0 bridgehead atoms. The summed E-state index contributed by atoms with van der Waals surface area (Å²) >= 11 is 0. The molecule has 0 saturated carbocycles. The maximum Gasteiger partial charge on any atom is 0.362 e. The van der Waals surface area contributed by atoms with Gasteiger partial charge in [-0.25, -0.2) is 14.5 Å². The van der Waals surface area contributed by atoms with Crippen LogP contribution in [0.25, 0.3) is 11.2 Å². The normalized spacial score (nSPS) is 13.1. The highest BCUT2D eigenvalue weighted by Crippen LogP contribution is 2.55. The quantitative estimate of drug-likeness (QED) is 0.158. The van der Waals surface area contributed by atoms with Crippen molar-refractivity contribution in [3.8, 4) is 0 Å². The van der Waals surface area contributed by atoms with E-state index in [1.54, 1.807) is 17.8 Å². The second-order valence-electron chi connectivity index (χ2n) is 11.5. The smallest absolute Gasteiger partial charge is 0.362 e. The zero-order valence-corrected chi connectivity index (χ0v) is 27.9. The monoisotopic (exact) mass is 685 g/mol. The number of nitrogens with zero attached hydrogens (tertiary/aromatic N) is 7. The van der Waals surface area contributed by atoms with Crippen LogP contribution in [-0.2, 0) is 65.4 Å². The van der Waals surface area contributed by atoms with Gasteiger partial charge < -0.3 is 23.5 Å². The molecule has 0 aliphatic carbocycles. The number of benzene rings is 3. The topological polar surface area (TPSA) is 158 Å². The number of hydrogen-bond donors (Lipinski definition) is 1. The molecule has 14 nitrogen and oxygen atoms in total. The van der Waals surface area contributed by atoms with E-state index in [1.165, 1.54) is 22.6 Å². The minimum atomic E-state index is -4.25. The number of aliphatic hydroxyl groups excluding tert-OH is 1. The average Bonchev–Trinajstić information content (AvgIpc) is 3.77. The van der Waals surface area contributed by atoms with Gasteiger partial charge in [0.25, 0.3) is 5.56 Å². The van der Waals surface area contributed by atoms with Crippen LogP contribution in [0.2, 0.25) is 0 Å². The molecule has 0 spiro atoms. The number of imidazole rings is 1. The van der Waals surface area contributed by atoms with Gasteiger partial charge in [-0.2, -0.15) is 0 Å². The van der Waals surface area contributed by atoms with Crippen molar-refractivity contribution >= 4 is 18.8 Å². The Bertz CT molecular complexity index is 2120. The van der Waals surface area contributed by atoms with Crippen LogP contribution < -0.4 is 11.2 Å². The van der Waals surface area contributed by atoms with Crippen LogP contribution in [-0.4, -0.2) is 50.7 Å². The lowest BCUT2D eigenvalue weighted by molar-refractivity contribution is -0.0384. The van der Waals surface area contributed by atoms with E-state index in [9.17, 15) is 19.3 Å². The lowest BCUT2D eigenvalue weighted by Gasteiger charge is -2.29. The summed E-state index contributed by atoms with van der Waals surface area (Å²) in [5, 5.41) is 20.3. The largest absolute Gasteiger partial charge is 0.378 e. The van der Waals surface area contributed by atoms with Crippen LogP contribution in [0.15, 0.2) is 113 Å². The first kappa shape index (κ1) is 33.9. The van der Waals surface area contributed by atoms with Crippen molar-refractivity contribution in [3.63, 3.8) is 0 Å². The number of aliphatic hydroxyl groups is 1. The summed E-state index contributed by atoms with van der Waals surface area (Å²) in [5.41, 5.74) is 2.34. The Labute approximate surface area is 281 Å². The van der Waals surface area contributed by atoms with E-state index < -0.39 is 30.8 Å². The molecule has 0 radical (unpaired) electrons. The molecule has 0 fully saturated rings. The van der Waals surface area contributed by atoms with E-state index in [4.69, 9.17) is 13.8 Å². The third-order valence-electron chi connectivity index (χ3n) is 7.97. The first-order chi connectivity index (χ1) is 23.7. The summed E-state index contributed by atoms with van der Waals surface area (Å²) in [6.45, 7) is 0.0420. The Kier molecular flexibility index (Phi) is 10.4. The maximum absolute atomic E-state index is 14.5. The molecule has 3 heterocycles. The first-order valence-electron chi connectivity index (χ1n) is 15.5. The van der Waals surface area contributed by atoms with Crippen molar-refractivity contribution in [3.05, 3.63) is 147 Å². The molecule has 0 saturated heterocycles. The molecule has 0 aliphatic rings. The molecule has 254 valence electrons. The summed E-state index contributed by atoms with van der Waals surface area (Å²) < 4.78 is 37.9. The molecule has 2 atom stereocenters. The summed E-state index contributed by atoms with van der Waals surface area (Å²) in [6.07, 6.45) is 1.98. The predicted molar refractivity (Wildman–Crippen MR) is 180 cm³/mol. The molecule has 3 aromatic carbocycles. The fourth-order valence-electron chi connectivity index (χ4n) is 5.26. The van der Waals surface area contributed by atoms with E-state index >= 15 is 0 Å². The summed E-state index contributed by atoms with van der Waals surface area (Å²) in [7, 11) is -1.30. The third kappa shape index (κ3) is 7.85. The zero-order chi connectivity index (χ0) is 34.4. The number of ether oxygens (including phenoxy) is 1. The van der Waals surface area contributed by atoms with Crippen molar-refractivity contribution in [2.75, 3.05) is 0 Å². The Morgan fingerprint density at radius 2 is 1.35 bits per heavy atom. The Hall–Kier alpha value is -4.98. The van der Waals surface area contributed by atoms with Crippen LogP contribution in [0.4, 0.5) is 0 Å².